The molecular formula is C19H19N5O. The Morgan fingerprint density at radius 3 is 2.72 bits per heavy atom. The molecule has 0 radical (unpaired) electrons. The van der Waals surface area contributed by atoms with Gasteiger partial charge in [-0.1, -0.05) is 30.3 Å². The molecule has 6 heteroatoms. The maximum absolute atomic E-state index is 12.6. The highest BCUT2D eigenvalue weighted by atomic mass is 16.2. The second kappa shape index (κ2) is 6.47. The summed E-state index contributed by atoms with van der Waals surface area (Å²) < 4.78 is 1.88. The highest BCUT2D eigenvalue weighted by molar-refractivity contribution is 6.02. The minimum Gasteiger partial charge on any atom is -0.305 e. The zero-order chi connectivity index (χ0) is 17.2. The van der Waals surface area contributed by atoms with E-state index in [1.165, 1.54) is 12.8 Å². The fourth-order valence-electron chi connectivity index (χ4n) is 2.91. The number of carbonyl (C=O) groups excluding carboxylic acids is 1. The van der Waals surface area contributed by atoms with Gasteiger partial charge in [-0.15, -0.1) is 0 Å². The summed E-state index contributed by atoms with van der Waals surface area (Å²) in [5.74, 6) is 1.63. The summed E-state index contributed by atoms with van der Waals surface area (Å²) in [7, 11) is 0. The summed E-state index contributed by atoms with van der Waals surface area (Å²) in [5.41, 5.74) is 1.21. The predicted molar refractivity (Wildman–Crippen MR) is 95.1 cm³/mol. The molecule has 1 unspecified atom stereocenters. The van der Waals surface area contributed by atoms with Crippen LogP contribution >= 0.6 is 0 Å². The number of benzene rings is 1. The van der Waals surface area contributed by atoms with Crippen LogP contribution in [0.3, 0.4) is 0 Å². The first-order valence-corrected chi connectivity index (χ1v) is 8.46. The third kappa shape index (κ3) is 3.28. The maximum Gasteiger partial charge on any atom is 0.275 e. The van der Waals surface area contributed by atoms with Crippen molar-refractivity contribution in [3.05, 3.63) is 60.6 Å². The van der Waals surface area contributed by atoms with Crippen molar-refractivity contribution >= 4 is 11.7 Å². The molecule has 2 heterocycles. The number of amides is 1. The summed E-state index contributed by atoms with van der Waals surface area (Å²) in [6, 6.07) is 13.3. The minimum atomic E-state index is -0.260. The molecule has 126 valence electrons. The Morgan fingerprint density at radius 2 is 1.96 bits per heavy atom. The molecule has 2 aromatic heterocycles. The molecule has 1 atom stereocenters. The zero-order valence-electron chi connectivity index (χ0n) is 14.0. The number of nitrogens with one attached hydrogen (secondary N) is 1. The van der Waals surface area contributed by atoms with Crippen molar-refractivity contribution in [2.24, 2.45) is 5.92 Å². The van der Waals surface area contributed by atoms with E-state index >= 15 is 0 Å². The van der Waals surface area contributed by atoms with Gasteiger partial charge in [0.1, 0.15) is 11.5 Å². The van der Waals surface area contributed by atoms with Crippen molar-refractivity contribution in [1.29, 1.82) is 0 Å². The lowest BCUT2D eigenvalue weighted by Gasteiger charge is -2.15. The molecule has 0 bridgehead atoms. The molecule has 25 heavy (non-hydrogen) atoms. The van der Waals surface area contributed by atoms with Crippen LogP contribution in [0.15, 0.2) is 54.9 Å². The van der Waals surface area contributed by atoms with E-state index in [-0.39, 0.29) is 11.9 Å². The summed E-state index contributed by atoms with van der Waals surface area (Å²) in [6.07, 6.45) is 5.76. The van der Waals surface area contributed by atoms with Gasteiger partial charge in [0.2, 0.25) is 0 Å². The molecule has 4 rings (SSSR count). The molecule has 1 amide bonds. The van der Waals surface area contributed by atoms with Crippen LogP contribution in [-0.4, -0.2) is 25.7 Å². The quantitative estimate of drug-likeness (QED) is 0.775. The highest BCUT2D eigenvalue weighted by Gasteiger charge is 2.30. The van der Waals surface area contributed by atoms with E-state index in [1.807, 2.05) is 41.1 Å². The fraction of sp³-hybridized carbons (Fsp3) is 0.263. The Kier molecular flexibility index (Phi) is 4.01. The molecule has 1 aliphatic carbocycles. The summed E-state index contributed by atoms with van der Waals surface area (Å²) in [5, 5.41) is 7.28. The number of hydrogen-bond donors (Lipinski definition) is 1. The number of carbonyl (C=O) groups is 1. The second-order valence-corrected chi connectivity index (χ2v) is 6.32. The van der Waals surface area contributed by atoms with E-state index in [2.05, 4.69) is 27.3 Å². The molecule has 1 fully saturated rings. The van der Waals surface area contributed by atoms with E-state index in [9.17, 15) is 4.79 Å². The van der Waals surface area contributed by atoms with Crippen molar-refractivity contribution < 1.29 is 4.79 Å². The number of anilines is 1. The van der Waals surface area contributed by atoms with E-state index in [4.69, 9.17) is 0 Å². The van der Waals surface area contributed by atoms with Gasteiger partial charge in [0.25, 0.3) is 5.91 Å². The van der Waals surface area contributed by atoms with Crippen molar-refractivity contribution in [3.8, 4) is 11.4 Å². The molecule has 0 spiro atoms. The molecule has 1 aliphatic rings. The standard InChI is InChI=1S/C19H19N5O/c1-13(14-7-8-14)24-17(10-12-21-24)23-19(25)16-9-11-20-18(22-16)15-5-3-2-4-6-15/h2-6,9-14H,7-8H2,1H3,(H,23,25). The predicted octanol–water partition coefficient (Wildman–Crippen LogP) is 3.56. The smallest absolute Gasteiger partial charge is 0.275 e. The second-order valence-electron chi connectivity index (χ2n) is 6.32. The highest BCUT2D eigenvalue weighted by Crippen LogP contribution is 2.40. The van der Waals surface area contributed by atoms with Gasteiger partial charge in [-0.3, -0.25) is 4.79 Å². The molecule has 1 saturated carbocycles. The van der Waals surface area contributed by atoms with E-state index in [1.54, 1.807) is 18.5 Å². The zero-order valence-corrected chi connectivity index (χ0v) is 14.0. The SMILES string of the molecule is CC(C1CC1)n1nccc1NC(=O)c1ccnc(-c2ccccc2)n1. The Hall–Kier alpha value is -3.02. The van der Waals surface area contributed by atoms with Gasteiger partial charge in [-0.05, 0) is 31.7 Å². The lowest BCUT2D eigenvalue weighted by molar-refractivity contribution is 0.102. The third-order valence-corrected chi connectivity index (χ3v) is 4.52. The first-order chi connectivity index (χ1) is 12.2. The van der Waals surface area contributed by atoms with Crippen LogP contribution in [0.25, 0.3) is 11.4 Å². The summed E-state index contributed by atoms with van der Waals surface area (Å²) in [4.78, 5) is 21.3. The van der Waals surface area contributed by atoms with Gasteiger partial charge < -0.3 is 5.32 Å². The summed E-state index contributed by atoms with van der Waals surface area (Å²) in [6.45, 7) is 2.14. The normalized spacial score (nSPS) is 14.9. The fourth-order valence-corrected chi connectivity index (χ4v) is 2.91. The van der Waals surface area contributed by atoms with Crippen LogP contribution in [0.1, 0.15) is 36.3 Å². The average Bonchev–Trinajstić information content (AvgIpc) is 3.41. The molecule has 1 aromatic carbocycles. The first-order valence-electron chi connectivity index (χ1n) is 8.46. The van der Waals surface area contributed by atoms with Gasteiger partial charge in [-0.2, -0.15) is 5.10 Å². The molecular weight excluding hydrogens is 314 g/mol. The van der Waals surface area contributed by atoms with E-state index < -0.39 is 0 Å². The Balaban J connectivity index is 1.55. The Labute approximate surface area is 145 Å². The van der Waals surface area contributed by atoms with Gasteiger partial charge in [0, 0.05) is 17.8 Å². The van der Waals surface area contributed by atoms with Gasteiger partial charge in [0.05, 0.1) is 12.2 Å². The number of rotatable bonds is 5. The average molecular weight is 333 g/mol. The first kappa shape index (κ1) is 15.5. The Morgan fingerprint density at radius 1 is 1.16 bits per heavy atom. The topological polar surface area (TPSA) is 72.7 Å². The molecule has 0 saturated heterocycles. The van der Waals surface area contributed by atoms with Crippen molar-refractivity contribution in [2.45, 2.75) is 25.8 Å². The minimum absolute atomic E-state index is 0.260. The molecule has 1 N–H and O–H groups in total. The monoisotopic (exact) mass is 333 g/mol. The van der Waals surface area contributed by atoms with E-state index in [0.717, 1.165) is 5.56 Å². The largest absolute Gasteiger partial charge is 0.305 e. The van der Waals surface area contributed by atoms with Crippen molar-refractivity contribution in [1.82, 2.24) is 19.7 Å². The van der Waals surface area contributed by atoms with Crippen LogP contribution in [-0.2, 0) is 0 Å². The van der Waals surface area contributed by atoms with Crippen LogP contribution < -0.4 is 5.32 Å². The van der Waals surface area contributed by atoms with Gasteiger partial charge in [0.15, 0.2) is 5.82 Å². The number of hydrogen-bond acceptors (Lipinski definition) is 4. The molecule has 3 aromatic rings. The molecule has 0 aliphatic heterocycles. The van der Waals surface area contributed by atoms with Gasteiger partial charge in [-0.25, -0.2) is 14.6 Å². The van der Waals surface area contributed by atoms with Crippen LogP contribution in [0.5, 0.6) is 0 Å². The Bertz CT molecular complexity index is 886. The lowest BCUT2D eigenvalue weighted by Crippen LogP contribution is -2.19. The van der Waals surface area contributed by atoms with Crippen LogP contribution in [0, 0.1) is 5.92 Å². The number of nitrogens with zero attached hydrogens (tertiary/aromatic N) is 4. The van der Waals surface area contributed by atoms with Crippen molar-refractivity contribution in [3.63, 3.8) is 0 Å². The third-order valence-electron chi connectivity index (χ3n) is 4.52. The lowest BCUT2D eigenvalue weighted by atomic mass is 10.2. The number of aromatic nitrogens is 4. The summed E-state index contributed by atoms with van der Waals surface area (Å²) >= 11 is 0. The van der Waals surface area contributed by atoms with Gasteiger partial charge >= 0.3 is 0 Å². The van der Waals surface area contributed by atoms with Crippen LogP contribution in [0.2, 0.25) is 0 Å². The van der Waals surface area contributed by atoms with Crippen molar-refractivity contribution in [2.75, 3.05) is 5.32 Å². The van der Waals surface area contributed by atoms with Crippen LogP contribution in [0.4, 0.5) is 5.82 Å². The van der Waals surface area contributed by atoms with E-state index in [0.29, 0.717) is 23.3 Å². The molecule has 6 nitrogen and oxygen atoms in total. The maximum atomic E-state index is 12.6.